The van der Waals surface area contributed by atoms with Crippen LogP contribution in [0.15, 0.2) is 47.6 Å². The molecule has 0 aliphatic heterocycles. The van der Waals surface area contributed by atoms with Crippen molar-refractivity contribution in [1.29, 1.82) is 5.26 Å². The van der Waals surface area contributed by atoms with Crippen LogP contribution in [0.1, 0.15) is 51.6 Å². The zero-order valence-corrected chi connectivity index (χ0v) is 21.7. The fourth-order valence-electron chi connectivity index (χ4n) is 3.32. The van der Waals surface area contributed by atoms with Gasteiger partial charge >= 0.3 is 0 Å². The predicted molar refractivity (Wildman–Crippen MR) is 132 cm³/mol. The van der Waals surface area contributed by atoms with E-state index in [4.69, 9.17) is 0 Å². The number of rotatable bonds is 9. The van der Waals surface area contributed by atoms with Gasteiger partial charge in [0.15, 0.2) is 5.16 Å². The molecule has 0 saturated carbocycles. The summed E-state index contributed by atoms with van der Waals surface area (Å²) < 4.78 is 56.3. The fourth-order valence-corrected chi connectivity index (χ4v) is 5.16. The molecule has 0 aliphatic rings. The molecule has 3 aromatic rings. The van der Waals surface area contributed by atoms with E-state index in [1.165, 1.54) is 36.0 Å². The summed E-state index contributed by atoms with van der Waals surface area (Å²) >= 11 is 1.32. The molecule has 1 heterocycles. The van der Waals surface area contributed by atoms with E-state index in [9.17, 15) is 22.5 Å². The highest BCUT2D eigenvalue weighted by Gasteiger charge is 2.32. The van der Waals surface area contributed by atoms with Crippen molar-refractivity contribution >= 4 is 21.8 Å². The van der Waals surface area contributed by atoms with Crippen LogP contribution >= 0.6 is 11.8 Å². The van der Waals surface area contributed by atoms with Gasteiger partial charge in [0.25, 0.3) is 0 Å². The van der Waals surface area contributed by atoms with Gasteiger partial charge in [0.2, 0.25) is 10.0 Å². The Hall–Kier alpha value is -2.81. The molecular formula is C24H27F2N5O2S2. The van der Waals surface area contributed by atoms with Crippen molar-refractivity contribution in [2.24, 2.45) is 0 Å². The summed E-state index contributed by atoms with van der Waals surface area (Å²) in [6.45, 7) is 9.00. The highest BCUT2D eigenvalue weighted by atomic mass is 32.2. The Kier molecular flexibility index (Phi) is 7.99. The minimum Gasteiger partial charge on any atom is -0.273 e. The molecule has 0 amide bonds. The number of nitrogens with zero attached hydrogens (tertiary/aromatic N) is 4. The van der Waals surface area contributed by atoms with Crippen LogP contribution in [0, 0.1) is 23.0 Å². The summed E-state index contributed by atoms with van der Waals surface area (Å²) in [6.07, 6.45) is 0. The quantitative estimate of drug-likeness (QED) is 0.416. The van der Waals surface area contributed by atoms with Crippen LogP contribution in [-0.2, 0) is 15.4 Å². The molecule has 1 N–H and O–H groups in total. The van der Waals surface area contributed by atoms with Gasteiger partial charge in [-0.3, -0.25) is 4.57 Å². The molecule has 35 heavy (non-hydrogen) atoms. The van der Waals surface area contributed by atoms with Gasteiger partial charge in [0.05, 0.1) is 16.2 Å². The summed E-state index contributed by atoms with van der Waals surface area (Å²) in [5, 5.41) is 17.8. The maximum atomic E-state index is 14.0. The van der Waals surface area contributed by atoms with E-state index >= 15 is 0 Å². The number of benzene rings is 2. The first kappa shape index (κ1) is 26.8. The summed E-state index contributed by atoms with van der Waals surface area (Å²) in [7, 11) is -3.42. The molecule has 11 heteroatoms. The Morgan fingerprint density at radius 1 is 1.11 bits per heavy atom. The first-order chi connectivity index (χ1) is 16.4. The molecule has 0 saturated heterocycles. The van der Waals surface area contributed by atoms with Crippen molar-refractivity contribution in [2.45, 2.75) is 55.7 Å². The van der Waals surface area contributed by atoms with Gasteiger partial charge in [-0.25, -0.2) is 21.9 Å². The minimum absolute atomic E-state index is 0.0796. The topological polar surface area (TPSA) is 101 Å². The van der Waals surface area contributed by atoms with Gasteiger partial charge in [-0.15, -0.1) is 10.2 Å². The monoisotopic (exact) mass is 519 g/mol. The zero-order valence-electron chi connectivity index (χ0n) is 20.1. The third-order valence-electron chi connectivity index (χ3n) is 5.58. The Bertz CT molecular complexity index is 1350. The number of nitrogens with one attached hydrogen (secondary N) is 1. The van der Waals surface area contributed by atoms with Crippen LogP contribution in [0.4, 0.5) is 8.78 Å². The molecule has 1 unspecified atom stereocenters. The molecule has 7 nitrogen and oxygen atoms in total. The molecular weight excluding hydrogens is 492 g/mol. The second kappa shape index (κ2) is 10.4. The lowest BCUT2D eigenvalue weighted by molar-refractivity contribution is 0.565. The summed E-state index contributed by atoms with van der Waals surface area (Å²) in [4.78, 5) is 0. The van der Waals surface area contributed by atoms with Crippen LogP contribution < -0.4 is 4.72 Å². The molecule has 0 radical (unpaired) electrons. The maximum absolute atomic E-state index is 14.0. The molecule has 0 aliphatic carbocycles. The Morgan fingerprint density at radius 3 is 2.37 bits per heavy atom. The van der Waals surface area contributed by atoms with Gasteiger partial charge < -0.3 is 0 Å². The summed E-state index contributed by atoms with van der Waals surface area (Å²) in [6, 6.07) is 12.0. The number of thioether (sulfide) groups is 1. The third kappa shape index (κ3) is 5.89. The van der Waals surface area contributed by atoms with E-state index in [1.54, 1.807) is 36.6 Å². The van der Waals surface area contributed by atoms with E-state index in [2.05, 4.69) is 14.9 Å². The summed E-state index contributed by atoms with van der Waals surface area (Å²) in [5.41, 5.74) is 0.381. The van der Waals surface area contributed by atoms with E-state index in [0.29, 0.717) is 22.2 Å². The van der Waals surface area contributed by atoms with Gasteiger partial charge in [-0.05, 0) is 69.7 Å². The minimum atomic E-state index is -3.42. The van der Waals surface area contributed by atoms with Crippen molar-refractivity contribution in [1.82, 2.24) is 19.5 Å². The predicted octanol–water partition coefficient (Wildman–Crippen LogP) is 4.55. The Balaban J connectivity index is 2.03. The number of halogens is 2. The van der Waals surface area contributed by atoms with Crippen LogP contribution in [0.25, 0.3) is 5.69 Å². The molecule has 0 bridgehead atoms. The second-order valence-corrected chi connectivity index (χ2v) is 12.6. The average molecular weight is 520 g/mol. The lowest BCUT2D eigenvalue weighted by Crippen LogP contribution is -2.34. The average Bonchev–Trinajstić information content (AvgIpc) is 3.22. The van der Waals surface area contributed by atoms with Gasteiger partial charge in [0, 0.05) is 17.5 Å². The van der Waals surface area contributed by atoms with Gasteiger partial charge in [-0.2, -0.15) is 5.26 Å². The van der Waals surface area contributed by atoms with E-state index in [1.807, 2.05) is 26.8 Å². The lowest BCUT2D eigenvalue weighted by Gasteiger charge is -2.26. The largest absolute Gasteiger partial charge is 0.273 e. The summed E-state index contributed by atoms with van der Waals surface area (Å²) in [5.74, 6) is -0.511. The van der Waals surface area contributed by atoms with E-state index in [-0.39, 0.29) is 17.4 Å². The first-order valence-corrected chi connectivity index (χ1v) is 13.4. The molecule has 186 valence electrons. The maximum Gasteiger partial charge on any atom is 0.213 e. The SMILES string of the molecule is CC(CNS(=O)(=O)C(C)C)Sc1nnc(C(C)(C)c2ccc(F)c(C#N)c2)n1-c1ccc(F)cc1. The molecule has 1 atom stereocenters. The van der Waals surface area contributed by atoms with Crippen LogP contribution in [0.2, 0.25) is 0 Å². The molecule has 2 aromatic carbocycles. The highest BCUT2D eigenvalue weighted by molar-refractivity contribution is 7.99. The number of aromatic nitrogens is 3. The smallest absolute Gasteiger partial charge is 0.213 e. The van der Waals surface area contributed by atoms with Crippen molar-refractivity contribution in [3.05, 3.63) is 71.1 Å². The number of hydrogen-bond donors (Lipinski definition) is 1. The number of hydrogen-bond acceptors (Lipinski definition) is 6. The van der Waals surface area contributed by atoms with Gasteiger partial charge in [-0.1, -0.05) is 24.8 Å². The number of nitriles is 1. The molecule has 1 aromatic heterocycles. The molecule has 0 spiro atoms. The zero-order chi connectivity index (χ0) is 26.0. The van der Waals surface area contributed by atoms with Gasteiger partial charge in [0.1, 0.15) is 23.5 Å². The van der Waals surface area contributed by atoms with Crippen molar-refractivity contribution in [3.8, 4) is 11.8 Å². The Labute approximate surface area is 208 Å². The van der Waals surface area contributed by atoms with Crippen LogP contribution in [0.3, 0.4) is 0 Å². The standard InChI is InChI=1S/C24H27F2N5O2S2/c1-15(2)35(32,33)28-14-16(3)34-23-30-29-22(31(23)20-9-7-19(25)8-10-20)24(4,5)18-6-11-21(26)17(12-18)13-27/h6-12,15-16,28H,14H2,1-5H3. The number of sulfonamides is 1. The third-order valence-corrected chi connectivity index (χ3v) is 8.44. The van der Waals surface area contributed by atoms with Crippen LogP contribution in [0.5, 0.6) is 0 Å². The second-order valence-electron chi connectivity index (χ2n) is 8.92. The van der Waals surface area contributed by atoms with Crippen LogP contribution in [-0.4, -0.2) is 40.2 Å². The highest BCUT2D eigenvalue weighted by Crippen LogP contribution is 2.36. The first-order valence-electron chi connectivity index (χ1n) is 10.9. The Morgan fingerprint density at radius 2 is 1.77 bits per heavy atom. The van der Waals surface area contributed by atoms with E-state index in [0.717, 1.165) is 0 Å². The van der Waals surface area contributed by atoms with Crippen molar-refractivity contribution in [2.75, 3.05) is 6.54 Å². The normalized spacial score (nSPS) is 13.1. The van der Waals surface area contributed by atoms with Crippen molar-refractivity contribution < 1.29 is 17.2 Å². The lowest BCUT2D eigenvalue weighted by atomic mass is 9.83. The van der Waals surface area contributed by atoms with Crippen molar-refractivity contribution in [3.63, 3.8) is 0 Å². The molecule has 3 rings (SSSR count). The molecule has 0 fully saturated rings. The van der Waals surface area contributed by atoms with E-state index < -0.39 is 32.3 Å². The fraction of sp³-hybridized carbons (Fsp3) is 0.375.